The average Bonchev–Trinajstić information content (AvgIpc) is 2.46. The van der Waals surface area contributed by atoms with Crippen molar-refractivity contribution in [2.75, 3.05) is 4.90 Å². The summed E-state index contributed by atoms with van der Waals surface area (Å²) >= 11 is 0. The number of carbonyl (C=O) groups is 2. The van der Waals surface area contributed by atoms with Crippen molar-refractivity contribution in [3.8, 4) is 0 Å². The Morgan fingerprint density at radius 2 is 1.80 bits per heavy atom. The first-order valence-electron chi connectivity index (χ1n) is 7.30. The zero-order valence-electron chi connectivity index (χ0n) is 12.3. The summed E-state index contributed by atoms with van der Waals surface area (Å²) in [6.07, 6.45) is 2.51. The fourth-order valence-electron chi connectivity index (χ4n) is 2.56. The maximum absolute atomic E-state index is 12.5. The SMILES string of the molecule is CCCC1NC(=O)C(C)N(c2ccc(CC)cc2)C1=O. The van der Waals surface area contributed by atoms with E-state index in [2.05, 4.69) is 12.2 Å². The maximum Gasteiger partial charge on any atom is 0.250 e. The van der Waals surface area contributed by atoms with Crippen LogP contribution in [0, 0.1) is 0 Å². The molecule has 4 nitrogen and oxygen atoms in total. The van der Waals surface area contributed by atoms with E-state index in [0.717, 1.165) is 18.5 Å². The van der Waals surface area contributed by atoms with Crippen LogP contribution in [0.25, 0.3) is 0 Å². The quantitative estimate of drug-likeness (QED) is 0.915. The van der Waals surface area contributed by atoms with Gasteiger partial charge in [-0.05, 0) is 37.5 Å². The minimum absolute atomic E-state index is 0.0109. The Kier molecular flexibility index (Phi) is 4.42. The molecule has 0 aliphatic carbocycles. The first kappa shape index (κ1) is 14.6. The monoisotopic (exact) mass is 274 g/mol. The molecular formula is C16H22N2O2. The number of aryl methyl sites for hydroxylation is 1. The number of hydrogen-bond acceptors (Lipinski definition) is 2. The smallest absolute Gasteiger partial charge is 0.250 e. The molecule has 2 amide bonds. The van der Waals surface area contributed by atoms with Gasteiger partial charge in [0, 0.05) is 5.69 Å². The first-order valence-corrected chi connectivity index (χ1v) is 7.30. The second-order valence-electron chi connectivity index (χ2n) is 5.25. The van der Waals surface area contributed by atoms with Crippen molar-refractivity contribution in [1.29, 1.82) is 0 Å². The number of carbonyl (C=O) groups excluding carboxylic acids is 2. The normalized spacial score (nSPS) is 22.9. The van der Waals surface area contributed by atoms with Gasteiger partial charge in [0.25, 0.3) is 0 Å². The third kappa shape index (κ3) is 2.69. The van der Waals surface area contributed by atoms with Gasteiger partial charge in [-0.1, -0.05) is 32.4 Å². The lowest BCUT2D eigenvalue weighted by molar-refractivity contribution is -0.133. The Morgan fingerprint density at radius 1 is 1.15 bits per heavy atom. The number of rotatable bonds is 4. The van der Waals surface area contributed by atoms with Crippen LogP contribution in [0.5, 0.6) is 0 Å². The van der Waals surface area contributed by atoms with E-state index in [0.29, 0.717) is 6.42 Å². The third-order valence-corrected chi connectivity index (χ3v) is 3.82. The van der Waals surface area contributed by atoms with Crippen molar-refractivity contribution in [3.05, 3.63) is 29.8 Å². The van der Waals surface area contributed by atoms with Crippen molar-refractivity contribution in [2.45, 2.75) is 52.1 Å². The van der Waals surface area contributed by atoms with Crippen LogP contribution in [-0.4, -0.2) is 23.9 Å². The third-order valence-electron chi connectivity index (χ3n) is 3.82. The number of hydrogen-bond donors (Lipinski definition) is 1. The highest BCUT2D eigenvalue weighted by Gasteiger charge is 2.38. The van der Waals surface area contributed by atoms with Gasteiger partial charge in [0.1, 0.15) is 12.1 Å². The van der Waals surface area contributed by atoms with Gasteiger partial charge >= 0.3 is 0 Å². The van der Waals surface area contributed by atoms with Crippen LogP contribution in [0.2, 0.25) is 0 Å². The molecule has 1 aromatic rings. The van der Waals surface area contributed by atoms with Gasteiger partial charge in [0.15, 0.2) is 0 Å². The van der Waals surface area contributed by atoms with E-state index in [-0.39, 0.29) is 11.8 Å². The number of benzene rings is 1. The molecule has 1 aromatic carbocycles. The Balaban J connectivity index is 2.29. The minimum Gasteiger partial charge on any atom is -0.342 e. The molecule has 20 heavy (non-hydrogen) atoms. The van der Waals surface area contributed by atoms with Gasteiger partial charge < -0.3 is 5.32 Å². The second-order valence-corrected chi connectivity index (χ2v) is 5.25. The van der Waals surface area contributed by atoms with Gasteiger partial charge in [-0.2, -0.15) is 0 Å². The summed E-state index contributed by atoms with van der Waals surface area (Å²) in [5.41, 5.74) is 2.02. The van der Waals surface area contributed by atoms with Crippen LogP contribution < -0.4 is 10.2 Å². The van der Waals surface area contributed by atoms with Crippen molar-refractivity contribution >= 4 is 17.5 Å². The number of piperazine rings is 1. The van der Waals surface area contributed by atoms with E-state index in [1.54, 1.807) is 11.8 Å². The van der Waals surface area contributed by atoms with Crippen molar-refractivity contribution in [3.63, 3.8) is 0 Å². The van der Waals surface area contributed by atoms with E-state index in [1.165, 1.54) is 5.56 Å². The van der Waals surface area contributed by atoms with Gasteiger partial charge in [-0.3, -0.25) is 14.5 Å². The Bertz CT molecular complexity index is 496. The number of nitrogens with one attached hydrogen (secondary N) is 1. The van der Waals surface area contributed by atoms with Crippen molar-refractivity contribution in [1.82, 2.24) is 5.32 Å². The molecule has 0 radical (unpaired) electrons. The van der Waals surface area contributed by atoms with Crippen LogP contribution >= 0.6 is 0 Å². The molecule has 0 saturated carbocycles. The molecule has 0 bridgehead atoms. The van der Waals surface area contributed by atoms with Crippen LogP contribution in [-0.2, 0) is 16.0 Å². The second kappa shape index (κ2) is 6.07. The van der Waals surface area contributed by atoms with Gasteiger partial charge in [-0.25, -0.2) is 0 Å². The maximum atomic E-state index is 12.5. The molecule has 2 rings (SSSR count). The Morgan fingerprint density at radius 3 is 2.35 bits per heavy atom. The topological polar surface area (TPSA) is 49.4 Å². The number of amides is 2. The summed E-state index contributed by atoms with van der Waals surface area (Å²) in [5.74, 6) is -0.0918. The summed E-state index contributed by atoms with van der Waals surface area (Å²) in [7, 11) is 0. The van der Waals surface area contributed by atoms with Crippen molar-refractivity contribution in [2.24, 2.45) is 0 Å². The Labute approximate surface area is 120 Å². The zero-order valence-corrected chi connectivity index (χ0v) is 12.3. The summed E-state index contributed by atoms with van der Waals surface area (Å²) in [6.45, 7) is 5.87. The molecule has 1 heterocycles. The van der Waals surface area contributed by atoms with Crippen molar-refractivity contribution < 1.29 is 9.59 Å². The fourth-order valence-corrected chi connectivity index (χ4v) is 2.56. The minimum atomic E-state index is -0.455. The summed E-state index contributed by atoms with van der Waals surface area (Å²) in [4.78, 5) is 26.2. The van der Waals surface area contributed by atoms with Crippen LogP contribution in [0.15, 0.2) is 24.3 Å². The zero-order chi connectivity index (χ0) is 14.7. The molecule has 4 heteroatoms. The largest absolute Gasteiger partial charge is 0.342 e. The summed E-state index contributed by atoms with van der Waals surface area (Å²) in [5, 5.41) is 2.81. The highest BCUT2D eigenvalue weighted by atomic mass is 16.2. The molecule has 0 aromatic heterocycles. The van der Waals surface area contributed by atoms with Gasteiger partial charge in [0.05, 0.1) is 0 Å². The molecular weight excluding hydrogens is 252 g/mol. The fraction of sp³-hybridized carbons (Fsp3) is 0.500. The highest BCUT2D eigenvalue weighted by molar-refractivity contribution is 6.08. The molecule has 1 fully saturated rings. The predicted molar refractivity (Wildman–Crippen MR) is 79.6 cm³/mol. The predicted octanol–water partition coefficient (Wildman–Crippen LogP) is 2.27. The first-order chi connectivity index (χ1) is 9.58. The van der Waals surface area contributed by atoms with Gasteiger partial charge in [0.2, 0.25) is 11.8 Å². The molecule has 0 spiro atoms. The number of nitrogens with zero attached hydrogens (tertiary/aromatic N) is 1. The van der Waals surface area contributed by atoms with Crippen LogP contribution in [0.1, 0.15) is 39.2 Å². The van der Waals surface area contributed by atoms with E-state index < -0.39 is 12.1 Å². The molecule has 1 saturated heterocycles. The lowest BCUT2D eigenvalue weighted by Gasteiger charge is -2.37. The van der Waals surface area contributed by atoms with E-state index >= 15 is 0 Å². The van der Waals surface area contributed by atoms with Gasteiger partial charge in [-0.15, -0.1) is 0 Å². The summed E-state index contributed by atoms with van der Waals surface area (Å²) < 4.78 is 0. The molecule has 2 unspecified atom stereocenters. The summed E-state index contributed by atoms with van der Waals surface area (Å²) in [6, 6.07) is 7.02. The van der Waals surface area contributed by atoms with Crippen LogP contribution in [0.4, 0.5) is 5.69 Å². The lowest BCUT2D eigenvalue weighted by Crippen LogP contribution is -2.62. The molecule has 1 aliphatic rings. The highest BCUT2D eigenvalue weighted by Crippen LogP contribution is 2.23. The standard InChI is InChI=1S/C16H22N2O2/c1-4-6-14-16(20)18(11(3)15(19)17-14)13-9-7-12(5-2)8-10-13/h7-11,14H,4-6H2,1-3H3,(H,17,19). The van der Waals surface area contributed by atoms with Crippen LogP contribution in [0.3, 0.4) is 0 Å². The Hall–Kier alpha value is -1.84. The molecule has 1 aliphatic heterocycles. The molecule has 108 valence electrons. The van der Waals surface area contributed by atoms with E-state index in [9.17, 15) is 9.59 Å². The van der Waals surface area contributed by atoms with E-state index in [1.807, 2.05) is 31.2 Å². The van der Waals surface area contributed by atoms with E-state index in [4.69, 9.17) is 0 Å². The average molecular weight is 274 g/mol. The molecule has 1 N–H and O–H groups in total. The number of anilines is 1. The molecule has 2 atom stereocenters. The lowest BCUT2D eigenvalue weighted by atomic mass is 10.0.